The minimum absolute atomic E-state index is 0.0153. The number of nitrogens with zero attached hydrogens (tertiary/aromatic N) is 2. The number of nitro benzene ring substituents is 1. The summed E-state index contributed by atoms with van der Waals surface area (Å²) >= 11 is 0. The summed E-state index contributed by atoms with van der Waals surface area (Å²) in [6.45, 7) is 3.79. The Bertz CT molecular complexity index is 1330. The number of non-ortho nitro benzene ring substituents is 1. The average molecular weight is 523 g/mol. The summed E-state index contributed by atoms with van der Waals surface area (Å²) in [5.74, 6) is 1.63. The monoisotopic (exact) mass is 522 g/mol. The summed E-state index contributed by atoms with van der Waals surface area (Å²) in [6, 6.07) is 12.4. The zero-order valence-electron chi connectivity index (χ0n) is 20.8. The summed E-state index contributed by atoms with van der Waals surface area (Å²) in [7, 11) is 0. The molecule has 2 aliphatic rings. The van der Waals surface area contributed by atoms with Gasteiger partial charge in [0.2, 0.25) is 0 Å². The van der Waals surface area contributed by atoms with Crippen LogP contribution in [0, 0.1) is 34.8 Å². The van der Waals surface area contributed by atoms with Gasteiger partial charge in [0.15, 0.2) is 5.76 Å². The first-order chi connectivity index (χ1) is 18.4. The van der Waals surface area contributed by atoms with Crippen LogP contribution in [-0.4, -0.2) is 34.9 Å². The molecule has 2 aliphatic carbocycles. The van der Waals surface area contributed by atoms with Crippen molar-refractivity contribution in [1.82, 2.24) is 5.16 Å². The van der Waals surface area contributed by atoms with Gasteiger partial charge < -0.3 is 23.5 Å². The number of fused-ring (bicyclic) bond motifs is 1. The topological polar surface area (TPSA) is 140 Å². The van der Waals surface area contributed by atoms with Crippen molar-refractivity contribution in [2.45, 2.75) is 39.4 Å². The van der Waals surface area contributed by atoms with Gasteiger partial charge in [-0.2, -0.15) is 0 Å². The van der Waals surface area contributed by atoms with Crippen molar-refractivity contribution in [3.63, 3.8) is 0 Å². The molecule has 0 aliphatic heterocycles. The Kier molecular flexibility index (Phi) is 6.99. The molecule has 0 N–H and O–H groups in total. The minimum Gasteiger partial charge on any atom is -0.490 e. The van der Waals surface area contributed by atoms with Crippen molar-refractivity contribution in [2.24, 2.45) is 17.8 Å². The predicted molar refractivity (Wildman–Crippen MR) is 131 cm³/mol. The first-order valence-corrected chi connectivity index (χ1v) is 12.3. The third kappa shape index (κ3) is 5.17. The molecular formula is C27H26N2O9. The molecule has 2 aromatic carbocycles. The molecule has 1 aromatic heterocycles. The standard InChI is InChI=1S/C27H26N2O9/c1-3-34-26(30)24-20-12-13-22(23(20)24)36-18-8-4-16(5-9-18)25-21(15(2)28-38-25)14-35-27(31)37-19-10-6-17(7-11-19)29(32)33/h4-11,20,22-24H,3,12-14H2,1-2H3. The van der Waals surface area contributed by atoms with Gasteiger partial charge in [0.05, 0.1) is 28.7 Å². The van der Waals surface area contributed by atoms with Gasteiger partial charge in [-0.3, -0.25) is 14.9 Å². The summed E-state index contributed by atoms with van der Waals surface area (Å²) in [6.07, 6.45) is 0.888. The molecule has 11 nitrogen and oxygen atoms in total. The van der Waals surface area contributed by atoms with E-state index in [1.165, 1.54) is 24.3 Å². The number of rotatable bonds is 9. The minimum atomic E-state index is -0.967. The highest BCUT2D eigenvalue weighted by atomic mass is 16.7. The van der Waals surface area contributed by atoms with Crippen LogP contribution in [-0.2, 0) is 20.9 Å². The first kappa shape index (κ1) is 25.2. The maximum Gasteiger partial charge on any atom is 0.514 e. The van der Waals surface area contributed by atoms with Crippen LogP contribution in [0.5, 0.6) is 11.5 Å². The van der Waals surface area contributed by atoms with E-state index in [-0.39, 0.29) is 42.0 Å². The molecule has 0 bridgehead atoms. The van der Waals surface area contributed by atoms with Crippen molar-refractivity contribution in [3.05, 3.63) is 69.9 Å². The van der Waals surface area contributed by atoms with Crippen LogP contribution >= 0.6 is 0 Å². The highest BCUT2D eigenvalue weighted by molar-refractivity contribution is 5.77. The van der Waals surface area contributed by atoms with Crippen LogP contribution in [0.1, 0.15) is 31.0 Å². The lowest BCUT2D eigenvalue weighted by atomic mass is 10.1. The molecule has 4 atom stereocenters. The predicted octanol–water partition coefficient (Wildman–Crippen LogP) is 5.24. The molecule has 4 unspecified atom stereocenters. The van der Waals surface area contributed by atoms with Crippen molar-refractivity contribution in [1.29, 1.82) is 0 Å². The molecule has 2 saturated carbocycles. The number of ether oxygens (including phenoxy) is 4. The Morgan fingerprint density at radius 3 is 2.45 bits per heavy atom. The van der Waals surface area contributed by atoms with Gasteiger partial charge in [-0.15, -0.1) is 0 Å². The molecule has 0 spiro atoms. The largest absolute Gasteiger partial charge is 0.514 e. The lowest BCUT2D eigenvalue weighted by Gasteiger charge is -2.17. The van der Waals surface area contributed by atoms with E-state index in [2.05, 4.69) is 5.16 Å². The zero-order chi connectivity index (χ0) is 26.8. The van der Waals surface area contributed by atoms with Gasteiger partial charge in [0, 0.05) is 23.6 Å². The second kappa shape index (κ2) is 10.5. The number of aromatic nitrogens is 1. The molecule has 198 valence electrons. The molecule has 2 fully saturated rings. The second-order valence-corrected chi connectivity index (χ2v) is 9.24. The van der Waals surface area contributed by atoms with Crippen molar-refractivity contribution >= 4 is 17.8 Å². The van der Waals surface area contributed by atoms with E-state index in [0.717, 1.165) is 18.4 Å². The van der Waals surface area contributed by atoms with E-state index < -0.39 is 11.1 Å². The SMILES string of the molecule is CCOC(=O)C1C2CCC(Oc3ccc(-c4onc(C)c4COC(=O)Oc4ccc([N+](=O)[O-])cc4)cc3)C21. The Morgan fingerprint density at radius 2 is 1.76 bits per heavy atom. The van der Waals surface area contributed by atoms with Crippen LogP contribution in [0.3, 0.4) is 0 Å². The number of benzene rings is 2. The maximum atomic E-state index is 12.2. The van der Waals surface area contributed by atoms with Crippen molar-refractivity contribution in [2.75, 3.05) is 6.61 Å². The van der Waals surface area contributed by atoms with Crippen LogP contribution in [0.15, 0.2) is 53.1 Å². The van der Waals surface area contributed by atoms with E-state index in [1.807, 2.05) is 31.2 Å². The summed E-state index contributed by atoms with van der Waals surface area (Å²) in [5.41, 5.74) is 1.74. The quantitative estimate of drug-likeness (QED) is 0.158. The summed E-state index contributed by atoms with van der Waals surface area (Å²) in [5, 5.41) is 14.7. The van der Waals surface area contributed by atoms with Gasteiger partial charge in [0.1, 0.15) is 24.2 Å². The Balaban J connectivity index is 1.18. The van der Waals surface area contributed by atoms with Gasteiger partial charge in [-0.05, 0) is 69.0 Å². The number of carbonyl (C=O) groups excluding carboxylic acids is 2. The van der Waals surface area contributed by atoms with Gasteiger partial charge in [-0.1, -0.05) is 5.16 Å². The van der Waals surface area contributed by atoms with E-state index in [0.29, 0.717) is 35.3 Å². The smallest absolute Gasteiger partial charge is 0.490 e. The maximum absolute atomic E-state index is 12.2. The Labute approximate surface area is 217 Å². The van der Waals surface area contributed by atoms with Crippen LogP contribution < -0.4 is 9.47 Å². The second-order valence-electron chi connectivity index (χ2n) is 9.24. The third-order valence-electron chi connectivity index (χ3n) is 6.97. The third-order valence-corrected chi connectivity index (χ3v) is 6.97. The highest BCUT2D eigenvalue weighted by Gasteiger charge is 2.63. The zero-order valence-corrected chi connectivity index (χ0v) is 20.8. The molecule has 0 radical (unpaired) electrons. The van der Waals surface area contributed by atoms with Crippen LogP contribution in [0.2, 0.25) is 0 Å². The number of hydrogen-bond acceptors (Lipinski definition) is 10. The fourth-order valence-corrected chi connectivity index (χ4v) is 5.07. The normalized spacial score (nSPS) is 21.3. The van der Waals surface area contributed by atoms with Crippen LogP contribution in [0.4, 0.5) is 10.5 Å². The number of esters is 1. The first-order valence-electron chi connectivity index (χ1n) is 12.3. The lowest BCUT2D eigenvalue weighted by molar-refractivity contribution is -0.384. The number of hydrogen-bond donors (Lipinski definition) is 0. The fraction of sp³-hybridized carbons (Fsp3) is 0.370. The van der Waals surface area contributed by atoms with Gasteiger partial charge >= 0.3 is 12.1 Å². The Morgan fingerprint density at radius 1 is 1.05 bits per heavy atom. The fourth-order valence-electron chi connectivity index (χ4n) is 5.07. The van der Waals surface area contributed by atoms with E-state index in [1.54, 1.807) is 6.92 Å². The molecule has 11 heteroatoms. The van der Waals surface area contributed by atoms with Gasteiger partial charge in [-0.25, -0.2) is 4.79 Å². The molecule has 0 amide bonds. The highest BCUT2D eigenvalue weighted by Crippen LogP contribution is 2.58. The number of carbonyl (C=O) groups is 2. The van der Waals surface area contributed by atoms with Crippen molar-refractivity contribution < 1.29 is 38.0 Å². The molecule has 38 heavy (non-hydrogen) atoms. The molecule has 0 saturated heterocycles. The molecule has 3 aromatic rings. The number of aryl methyl sites for hydroxylation is 1. The molecule has 5 rings (SSSR count). The van der Waals surface area contributed by atoms with Gasteiger partial charge in [0.25, 0.3) is 5.69 Å². The molecular weight excluding hydrogens is 496 g/mol. The van der Waals surface area contributed by atoms with E-state index in [4.69, 9.17) is 23.5 Å². The Hall–Kier alpha value is -4.41. The lowest BCUT2D eigenvalue weighted by Crippen LogP contribution is -2.21. The van der Waals surface area contributed by atoms with Crippen LogP contribution in [0.25, 0.3) is 11.3 Å². The number of nitro groups is 1. The van der Waals surface area contributed by atoms with E-state index >= 15 is 0 Å². The summed E-state index contributed by atoms with van der Waals surface area (Å²) in [4.78, 5) is 34.5. The van der Waals surface area contributed by atoms with Crippen molar-refractivity contribution in [3.8, 4) is 22.8 Å². The van der Waals surface area contributed by atoms with E-state index in [9.17, 15) is 19.7 Å². The average Bonchev–Trinajstić information content (AvgIpc) is 3.31. The summed E-state index contributed by atoms with van der Waals surface area (Å²) < 4.78 is 27.2. The molecule has 1 heterocycles.